The fraction of sp³-hybridized carbons (Fsp3) is 0.133. The molecule has 0 heterocycles. The molecule has 5 heteroatoms. The minimum Gasteiger partial charge on any atom is -0.370 e. The molecule has 0 radical (unpaired) electrons. The van der Waals surface area contributed by atoms with Crippen molar-refractivity contribution < 1.29 is 4.79 Å². The van der Waals surface area contributed by atoms with Gasteiger partial charge in [-0.1, -0.05) is 39.7 Å². The molecule has 104 valence electrons. The van der Waals surface area contributed by atoms with Crippen molar-refractivity contribution in [3.63, 3.8) is 0 Å². The summed E-state index contributed by atoms with van der Waals surface area (Å²) in [4.78, 5) is 11.7. The van der Waals surface area contributed by atoms with Gasteiger partial charge in [0.1, 0.15) is 6.04 Å². The Balaban J connectivity index is 2.29. The van der Waals surface area contributed by atoms with E-state index in [4.69, 9.17) is 17.3 Å². The zero-order chi connectivity index (χ0) is 14.7. The summed E-state index contributed by atoms with van der Waals surface area (Å²) >= 11 is 9.28. The molecule has 3 N–H and O–H groups in total. The largest absolute Gasteiger partial charge is 0.370 e. The maximum absolute atomic E-state index is 11.7. The molecule has 0 saturated heterocycles. The Morgan fingerprint density at radius 2 is 1.90 bits per heavy atom. The number of aryl methyl sites for hydroxylation is 1. The number of primary amides is 1. The molecule has 1 atom stereocenters. The molecule has 0 spiro atoms. The van der Waals surface area contributed by atoms with Crippen molar-refractivity contribution in [1.82, 2.24) is 0 Å². The molecule has 0 fully saturated rings. The smallest absolute Gasteiger partial charge is 0.244 e. The van der Waals surface area contributed by atoms with Crippen LogP contribution in [0, 0.1) is 6.92 Å². The van der Waals surface area contributed by atoms with Gasteiger partial charge in [-0.05, 0) is 48.4 Å². The van der Waals surface area contributed by atoms with Gasteiger partial charge in [0.25, 0.3) is 0 Å². The van der Waals surface area contributed by atoms with Crippen molar-refractivity contribution in [3.8, 4) is 0 Å². The quantitative estimate of drug-likeness (QED) is 0.871. The van der Waals surface area contributed by atoms with Gasteiger partial charge in [0.2, 0.25) is 5.91 Å². The van der Waals surface area contributed by atoms with Crippen molar-refractivity contribution in [2.75, 3.05) is 5.32 Å². The van der Waals surface area contributed by atoms with E-state index in [0.29, 0.717) is 5.02 Å². The van der Waals surface area contributed by atoms with Gasteiger partial charge in [-0.2, -0.15) is 0 Å². The first kappa shape index (κ1) is 14.9. The zero-order valence-electron chi connectivity index (χ0n) is 10.9. The van der Waals surface area contributed by atoms with E-state index in [1.807, 2.05) is 37.3 Å². The van der Waals surface area contributed by atoms with E-state index in [1.165, 1.54) is 0 Å². The highest BCUT2D eigenvalue weighted by molar-refractivity contribution is 9.10. The lowest BCUT2D eigenvalue weighted by molar-refractivity contribution is -0.118. The van der Waals surface area contributed by atoms with E-state index in [9.17, 15) is 4.79 Å². The third-order valence-corrected chi connectivity index (χ3v) is 4.10. The summed E-state index contributed by atoms with van der Waals surface area (Å²) in [7, 11) is 0. The monoisotopic (exact) mass is 352 g/mol. The van der Waals surface area contributed by atoms with Crippen LogP contribution in [0.25, 0.3) is 0 Å². The predicted molar refractivity (Wildman–Crippen MR) is 85.9 cm³/mol. The van der Waals surface area contributed by atoms with E-state index in [-0.39, 0.29) is 0 Å². The first-order chi connectivity index (χ1) is 9.47. The predicted octanol–water partition coefficient (Wildman–Crippen LogP) is 4.05. The van der Waals surface area contributed by atoms with Gasteiger partial charge in [0, 0.05) is 15.2 Å². The second-order valence-corrected chi connectivity index (χ2v) is 5.79. The fourth-order valence-corrected chi connectivity index (χ4v) is 2.25. The molecule has 0 aromatic heterocycles. The van der Waals surface area contributed by atoms with Crippen LogP contribution in [-0.2, 0) is 4.79 Å². The topological polar surface area (TPSA) is 55.1 Å². The van der Waals surface area contributed by atoms with Gasteiger partial charge in [0.05, 0.1) is 0 Å². The van der Waals surface area contributed by atoms with Crippen LogP contribution in [0.3, 0.4) is 0 Å². The molecule has 3 nitrogen and oxygen atoms in total. The number of amides is 1. The summed E-state index contributed by atoms with van der Waals surface area (Å²) in [5.41, 5.74) is 8.16. The third kappa shape index (κ3) is 3.52. The van der Waals surface area contributed by atoms with Gasteiger partial charge >= 0.3 is 0 Å². The normalized spacial score (nSPS) is 11.9. The number of anilines is 1. The van der Waals surface area contributed by atoms with Crippen molar-refractivity contribution >= 4 is 39.1 Å². The minimum atomic E-state index is -0.581. The van der Waals surface area contributed by atoms with E-state index in [1.54, 1.807) is 12.1 Å². The second kappa shape index (κ2) is 6.29. The van der Waals surface area contributed by atoms with Crippen molar-refractivity contribution in [3.05, 3.63) is 63.1 Å². The molecular weight excluding hydrogens is 340 g/mol. The minimum absolute atomic E-state index is 0.429. The average Bonchev–Trinajstić information content (AvgIpc) is 2.41. The molecule has 1 amide bonds. The van der Waals surface area contributed by atoms with Crippen LogP contribution in [0.1, 0.15) is 17.2 Å². The lowest BCUT2D eigenvalue weighted by Gasteiger charge is -2.18. The Bertz CT molecular complexity index is 628. The van der Waals surface area contributed by atoms with E-state index < -0.39 is 11.9 Å². The number of nitrogens with two attached hydrogens (primary N) is 1. The van der Waals surface area contributed by atoms with Gasteiger partial charge in [0.15, 0.2) is 0 Å². The maximum Gasteiger partial charge on any atom is 0.244 e. The molecule has 0 saturated carbocycles. The highest BCUT2D eigenvalue weighted by atomic mass is 79.9. The molecule has 0 aliphatic rings. The van der Waals surface area contributed by atoms with Crippen molar-refractivity contribution in [2.45, 2.75) is 13.0 Å². The number of hydrogen-bond donors (Lipinski definition) is 2. The molecule has 20 heavy (non-hydrogen) atoms. The Kier molecular flexibility index (Phi) is 4.68. The standard InChI is InChI=1S/C15H14BrClN2O/c1-9-8-10(2-7-13(9)16)14(15(18)20)19-12-5-3-11(17)4-6-12/h2-8,14,19H,1H3,(H2,18,20). The van der Waals surface area contributed by atoms with Crippen molar-refractivity contribution in [2.24, 2.45) is 5.73 Å². The summed E-state index contributed by atoms with van der Waals surface area (Å²) in [6.45, 7) is 1.97. The highest BCUT2D eigenvalue weighted by Crippen LogP contribution is 2.24. The molecular formula is C15H14BrClN2O. The Morgan fingerprint density at radius 1 is 1.25 bits per heavy atom. The average molecular weight is 354 g/mol. The Hall–Kier alpha value is -1.52. The number of halogens is 2. The summed E-state index contributed by atoms with van der Waals surface area (Å²) in [6.07, 6.45) is 0. The molecule has 2 aromatic rings. The van der Waals surface area contributed by atoms with Gasteiger partial charge in [-0.3, -0.25) is 4.79 Å². The molecule has 2 rings (SSSR count). The highest BCUT2D eigenvalue weighted by Gasteiger charge is 2.18. The molecule has 0 aliphatic heterocycles. The number of hydrogen-bond acceptors (Lipinski definition) is 2. The molecule has 0 aliphatic carbocycles. The lowest BCUT2D eigenvalue weighted by atomic mass is 10.0. The Labute approximate surface area is 131 Å². The Morgan fingerprint density at radius 3 is 2.45 bits per heavy atom. The van der Waals surface area contributed by atoms with Gasteiger partial charge in [-0.15, -0.1) is 0 Å². The first-order valence-electron chi connectivity index (χ1n) is 6.05. The number of benzene rings is 2. The number of rotatable bonds is 4. The van der Waals surface area contributed by atoms with Gasteiger partial charge in [-0.25, -0.2) is 0 Å². The SMILES string of the molecule is Cc1cc(C(Nc2ccc(Cl)cc2)C(N)=O)ccc1Br. The summed E-state index contributed by atoms with van der Waals surface area (Å²) in [6, 6.07) is 12.3. The van der Waals surface area contributed by atoms with Crippen LogP contribution in [-0.4, -0.2) is 5.91 Å². The van der Waals surface area contributed by atoms with Crippen molar-refractivity contribution in [1.29, 1.82) is 0 Å². The fourth-order valence-electron chi connectivity index (χ4n) is 1.88. The lowest BCUT2D eigenvalue weighted by Crippen LogP contribution is -2.27. The molecule has 1 unspecified atom stereocenters. The zero-order valence-corrected chi connectivity index (χ0v) is 13.2. The van der Waals surface area contributed by atoms with E-state index >= 15 is 0 Å². The summed E-state index contributed by atoms with van der Waals surface area (Å²) < 4.78 is 0.996. The van der Waals surface area contributed by atoms with Crippen LogP contribution in [0.5, 0.6) is 0 Å². The van der Waals surface area contributed by atoms with E-state index in [2.05, 4.69) is 21.2 Å². The second-order valence-electron chi connectivity index (χ2n) is 4.50. The van der Waals surface area contributed by atoms with Crippen LogP contribution in [0.15, 0.2) is 46.9 Å². The van der Waals surface area contributed by atoms with E-state index in [0.717, 1.165) is 21.3 Å². The molecule has 0 bridgehead atoms. The van der Waals surface area contributed by atoms with Crippen LogP contribution in [0.2, 0.25) is 5.02 Å². The first-order valence-corrected chi connectivity index (χ1v) is 7.22. The number of carbonyl (C=O) groups is 1. The van der Waals surface area contributed by atoms with Crippen LogP contribution in [0.4, 0.5) is 5.69 Å². The summed E-state index contributed by atoms with van der Waals surface area (Å²) in [5.74, 6) is -0.429. The number of nitrogens with one attached hydrogen (secondary N) is 1. The maximum atomic E-state index is 11.7. The third-order valence-electron chi connectivity index (χ3n) is 2.96. The van der Waals surface area contributed by atoms with Crippen LogP contribution >= 0.6 is 27.5 Å². The van der Waals surface area contributed by atoms with Gasteiger partial charge < -0.3 is 11.1 Å². The number of carbonyl (C=O) groups excluding carboxylic acids is 1. The molecule has 2 aromatic carbocycles. The van der Waals surface area contributed by atoms with Crippen LogP contribution < -0.4 is 11.1 Å². The summed E-state index contributed by atoms with van der Waals surface area (Å²) in [5, 5.41) is 3.76.